The van der Waals surface area contributed by atoms with Crippen LogP contribution in [0.4, 0.5) is 0 Å². The van der Waals surface area contributed by atoms with Crippen LogP contribution in [0.25, 0.3) is 37.3 Å². The number of hydrogen-bond donors (Lipinski definition) is 0. The highest BCUT2D eigenvalue weighted by Crippen LogP contribution is 2.33. The number of rotatable bonds is 5. The van der Waals surface area contributed by atoms with Crippen LogP contribution in [0.3, 0.4) is 0 Å². The Kier molecular flexibility index (Phi) is 5.69. The fraction of sp³-hybridized carbons (Fsp3) is 0. The van der Waals surface area contributed by atoms with E-state index >= 15 is 0 Å². The Balaban J connectivity index is 1.38. The minimum absolute atomic E-state index is 1.04. The summed E-state index contributed by atoms with van der Waals surface area (Å²) in [6, 6.07) is 57.8. The van der Waals surface area contributed by atoms with Crippen molar-refractivity contribution in [1.82, 2.24) is 9.38 Å². The molecule has 2 heterocycles. The molecular weight excluding hydrogens is 533 g/mol. The molecule has 0 saturated carbocycles. The zero-order valence-electron chi connectivity index (χ0n) is 22.3. The van der Waals surface area contributed by atoms with E-state index in [2.05, 4.69) is 162 Å². The van der Waals surface area contributed by atoms with E-state index < -0.39 is 8.07 Å². The normalized spacial score (nSPS) is 11.9. The molecule has 0 aliphatic carbocycles. The zero-order valence-corrected chi connectivity index (χ0v) is 24.1. The van der Waals surface area contributed by atoms with Crippen LogP contribution in [0.2, 0.25) is 0 Å². The molecule has 8 aromatic rings. The van der Waals surface area contributed by atoms with E-state index in [0.717, 1.165) is 16.0 Å². The molecule has 0 unspecified atom stereocenters. The maximum absolute atomic E-state index is 4.89. The summed E-state index contributed by atoms with van der Waals surface area (Å²) < 4.78 is 3.55. The van der Waals surface area contributed by atoms with Crippen molar-refractivity contribution in [2.45, 2.75) is 0 Å². The van der Waals surface area contributed by atoms with Crippen molar-refractivity contribution < 1.29 is 0 Å². The van der Waals surface area contributed by atoms with Gasteiger partial charge in [0.05, 0.1) is 21.3 Å². The van der Waals surface area contributed by atoms with Gasteiger partial charge in [-0.25, -0.2) is 4.98 Å². The summed E-state index contributed by atoms with van der Waals surface area (Å²) in [6.07, 6.45) is 0. The topological polar surface area (TPSA) is 17.3 Å². The van der Waals surface area contributed by atoms with Gasteiger partial charge in [-0.2, -0.15) is 0 Å². The third-order valence-electron chi connectivity index (χ3n) is 8.18. The molecule has 2 aromatic heterocycles. The molecule has 0 atom stereocenters. The van der Waals surface area contributed by atoms with Crippen LogP contribution < -0.4 is 20.7 Å². The lowest BCUT2D eigenvalue weighted by Gasteiger charge is -2.34. The molecule has 0 N–H and O–H groups in total. The Morgan fingerprint density at radius 2 is 1.02 bits per heavy atom. The Hall–Kier alpha value is -4.77. The average molecular weight is 559 g/mol. The number of imidazole rings is 1. The van der Waals surface area contributed by atoms with E-state index in [0.29, 0.717) is 0 Å². The Labute approximate surface area is 243 Å². The smallest absolute Gasteiger partial charge is 0.195 e. The number of nitrogens with zero attached hydrogens (tertiary/aromatic N) is 2. The van der Waals surface area contributed by atoms with E-state index in [1.165, 1.54) is 42.1 Å². The fourth-order valence-electron chi connectivity index (χ4n) is 6.36. The third kappa shape index (κ3) is 3.80. The molecule has 41 heavy (non-hydrogen) atoms. The van der Waals surface area contributed by atoms with Gasteiger partial charge in [-0.15, -0.1) is 0 Å². The van der Waals surface area contributed by atoms with Crippen LogP contribution in [0.15, 0.2) is 158 Å². The standard InChI is InChI=1S/C37H26N2SSi/c1-4-14-29(15-5-1)41(30-16-6-2-7-17-30,31-18-8-3-9-19-31)32-20-12-13-27(25-32)28-23-24-36-35(26-28)39-34-22-11-10-21-33(34)38-37(39)40-36/h1-26H. The van der Waals surface area contributed by atoms with E-state index in [9.17, 15) is 0 Å². The lowest BCUT2D eigenvalue weighted by atomic mass is 10.1. The lowest BCUT2D eigenvalue weighted by Crippen LogP contribution is -2.74. The number of fused-ring (bicyclic) bond motifs is 5. The van der Waals surface area contributed by atoms with Gasteiger partial charge in [-0.1, -0.05) is 145 Å². The van der Waals surface area contributed by atoms with Crippen molar-refractivity contribution in [3.8, 4) is 11.1 Å². The quantitative estimate of drug-likeness (QED) is 0.169. The molecular formula is C37H26N2SSi. The van der Waals surface area contributed by atoms with Crippen LogP contribution in [-0.4, -0.2) is 17.5 Å². The molecule has 6 aromatic carbocycles. The molecule has 0 radical (unpaired) electrons. The van der Waals surface area contributed by atoms with Gasteiger partial charge in [-0.3, -0.25) is 4.40 Å². The second-order valence-electron chi connectivity index (χ2n) is 10.4. The van der Waals surface area contributed by atoms with Gasteiger partial charge in [0.2, 0.25) is 0 Å². The number of para-hydroxylation sites is 2. The summed E-state index contributed by atoms with van der Waals surface area (Å²) in [5.74, 6) is 0. The van der Waals surface area contributed by atoms with Crippen LogP contribution in [0.1, 0.15) is 0 Å². The SMILES string of the molecule is c1ccc([Si](c2ccccc2)(c2ccccc2)c2cccc(-c3ccc4sc5nc6ccccc6n5c4c3)c2)cc1. The van der Waals surface area contributed by atoms with E-state index in [-0.39, 0.29) is 0 Å². The van der Waals surface area contributed by atoms with E-state index in [1.807, 2.05) is 0 Å². The van der Waals surface area contributed by atoms with Gasteiger partial charge in [0.25, 0.3) is 0 Å². The van der Waals surface area contributed by atoms with Crippen molar-refractivity contribution in [2.75, 3.05) is 0 Å². The summed E-state index contributed by atoms with van der Waals surface area (Å²) >= 11 is 1.75. The largest absolute Gasteiger partial charge is 0.283 e. The number of aromatic nitrogens is 2. The van der Waals surface area contributed by atoms with Crippen molar-refractivity contribution in [2.24, 2.45) is 0 Å². The van der Waals surface area contributed by atoms with Crippen LogP contribution >= 0.6 is 11.3 Å². The first-order valence-corrected chi connectivity index (χ1v) is 16.7. The molecule has 0 amide bonds. The highest BCUT2D eigenvalue weighted by molar-refractivity contribution is 7.23. The molecule has 0 aliphatic heterocycles. The van der Waals surface area contributed by atoms with Gasteiger partial charge in [0.1, 0.15) is 0 Å². The molecule has 0 aliphatic rings. The van der Waals surface area contributed by atoms with Gasteiger partial charge in [0, 0.05) is 0 Å². The van der Waals surface area contributed by atoms with Gasteiger partial charge >= 0.3 is 0 Å². The molecule has 194 valence electrons. The monoisotopic (exact) mass is 558 g/mol. The zero-order chi connectivity index (χ0) is 27.2. The summed E-state index contributed by atoms with van der Waals surface area (Å²) in [5.41, 5.74) is 5.85. The second kappa shape index (κ2) is 9.70. The predicted molar refractivity (Wildman–Crippen MR) is 177 cm³/mol. The van der Waals surface area contributed by atoms with Crippen LogP contribution in [0.5, 0.6) is 0 Å². The molecule has 2 nitrogen and oxygen atoms in total. The minimum atomic E-state index is -2.59. The summed E-state index contributed by atoms with van der Waals surface area (Å²) in [5, 5.41) is 5.53. The second-order valence-corrected chi connectivity index (χ2v) is 15.3. The molecule has 8 rings (SSSR count). The molecule has 0 saturated heterocycles. The summed E-state index contributed by atoms with van der Waals surface area (Å²) in [6.45, 7) is 0. The first kappa shape index (κ1) is 24.1. The van der Waals surface area contributed by atoms with E-state index in [4.69, 9.17) is 4.98 Å². The highest BCUT2D eigenvalue weighted by Gasteiger charge is 2.41. The minimum Gasteiger partial charge on any atom is -0.283 e. The molecule has 0 fully saturated rings. The average Bonchev–Trinajstić information content (AvgIpc) is 3.59. The Bertz CT molecular complexity index is 2050. The van der Waals surface area contributed by atoms with Crippen molar-refractivity contribution in [1.29, 1.82) is 0 Å². The van der Waals surface area contributed by atoms with Crippen molar-refractivity contribution in [3.05, 3.63) is 158 Å². The van der Waals surface area contributed by atoms with E-state index in [1.54, 1.807) is 11.3 Å². The number of benzene rings is 6. The predicted octanol–water partition coefficient (Wildman–Crippen LogP) is 6.75. The van der Waals surface area contributed by atoms with Crippen molar-refractivity contribution in [3.63, 3.8) is 0 Å². The molecule has 0 bridgehead atoms. The maximum Gasteiger partial charge on any atom is 0.195 e. The van der Waals surface area contributed by atoms with Gasteiger partial charge in [0.15, 0.2) is 13.0 Å². The molecule has 4 heteroatoms. The summed E-state index contributed by atoms with van der Waals surface area (Å²) in [7, 11) is -2.59. The maximum atomic E-state index is 4.89. The third-order valence-corrected chi connectivity index (χ3v) is 14.0. The lowest BCUT2D eigenvalue weighted by molar-refractivity contribution is 1.35. The summed E-state index contributed by atoms with van der Waals surface area (Å²) in [4.78, 5) is 5.93. The van der Waals surface area contributed by atoms with Crippen LogP contribution in [-0.2, 0) is 0 Å². The van der Waals surface area contributed by atoms with Gasteiger partial charge < -0.3 is 0 Å². The highest BCUT2D eigenvalue weighted by atomic mass is 32.1. The number of thiazole rings is 1. The van der Waals surface area contributed by atoms with Gasteiger partial charge in [-0.05, 0) is 56.1 Å². The number of hydrogen-bond acceptors (Lipinski definition) is 2. The van der Waals surface area contributed by atoms with Crippen molar-refractivity contribution >= 4 is 66.4 Å². The Morgan fingerprint density at radius 3 is 1.68 bits per heavy atom. The Morgan fingerprint density at radius 1 is 0.463 bits per heavy atom. The first-order chi connectivity index (χ1) is 20.3. The first-order valence-electron chi connectivity index (χ1n) is 13.9. The van der Waals surface area contributed by atoms with Crippen LogP contribution in [0, 0.1) is 0 Å². The molecule has 0 spiro atoms. The fourth-order valence-corrected chi connectivity index (χ4v) is 12.2.